The van der Waals surface area contributed by atoms with Gasteiger partial charge >= 0.3 is 0 Å². The second-order valence-corrected chi connectivity index (χ2v) is 6.07. The number of rotatable bonds is 6. The minimum Gasteiger partial charge on any atom is -0.379 e. The number of nitrogens with zero attached hydrogens (tertiary/aromatic N) is 1. The smallest absolute Gasteiger partial charge is 0.0621 e. The Morgan fingerprint density at radius 2 is 1.56 bits per heavy atom. The van der Waals surface area contributed by atoms with Crippen LogP contribution in [0.2, 0.25) is 0 Å². The van der Waals surface area contributed by atoms with Gasteiger partial charge in [0.05, 0.1) is 13.2 Å². The molecule has 1 saturated heterocycles. The summed E-state index contributed by atoms with van der Waals surface area (Å²) in [6.45, 7) is 5.46. The van der Waals surface area contributed by atoms with E-state index in [1.165, 1.54) is 45.3 Å². The zero-order chi connectivity index (χ0) is 11.0. The molecule has 1 heterocycles. The summed E-state index contributed by atoms with van der Waals surface area (Å²) in [7, 11) is 0. The minimum atomic E-state index is 0.279. The quantitative estimate of drug-likeness (QED) is 0.734. The molecule has 2 aliphatic carbocycles. The minimum absolute atomic E-state index is 0.279. The second kappa shape index (κ2) is 4.63. The van der Waals surface area contributed by atoms with Gasteiger partial charge in [0.15, 0.2) is 0 Å². The van der Waals surface area contributed by atoms with Gasteiger partial charge in [0.25, 0.3) is 0 Å². The van der Waals surface area contributed by atoms with Crippen molar-refractivity contribution in [3.8, 4) is 0 Å². The average Bonchev–Trinajstić information content (AvgIpc) is 3.14. The fraction of sp³-hybridized carbons (Fsp3) is 1.00. The first-order valence-corrected chi connectivity index (χ1v) is 6.87. The molecule has 3 fully saturated rings. The molecule has 0 bridgehead atoms. The van der Waals surface area contributed by atoms with Gasteiger partial charge in [0, 0.05) is 31.6 Å². The third-order valence-corrected chi connectivity index (χ3v) is 4.17. The summed E-state index contributed by atoms with van der Waals surface area (Å²) in [5.41, 5.74) is 6.07. The molecule has 92 valence electrons. The summed E-state index contributed by atoms with van der Waals surface area (Å²) in [6, 6.07) is 0.279. The highest BCUT2D eigenvalue weighted by molar-refractivity contribution is 4.86. The molecule has 0 spiro atoms. The monoisotopic (exact) mass is 224 g/mol. The van der Waals surface area contributed by atoms with Crippen molar-refractivity contribution in [1.82, 2.24) is 4.90 Å². The van der Waals surface area contributed by atoms with Crippen LogP contribution in [0.15, 0.2) is 0 Å². The molecule has 2 saturated carbocycles. The lowest BCUT2D eigenvalue weighted by Crippen LogP contribution is -2.40. The Bertz CT molecular complexity index is 224. The van der Waals surface area contributed by atoms with Crippen molar-refractivity contribution < 1.29 is 4.74 Å². The van der Waals surface area contributed by atoms with Gasteiger partial charge in [0.1, 0.15) is 0 Å². The molecule has 1 aliphatic heterocycles. The van der Waals surface area contributed by atoms with Crippen molar-refractivity contribution in [3.63, 3.8) is 0 Å². The van der Waals surface area contributed by atoms with Crippen LogP contribution < -0.4 is 5.73 Å². The predicted molar refractivity (Wildman–Crippen MR) is 64.2 cm³/mol. The Labute approximate surface area is 98.3 Å². The van der Waals surface area contributed by atoms with Gasteiger partial charge < -0.3 is 15.4 Å². The zero-order valence-corrected chi connectivity index (χ0v) is 10.1. The fourth-order valence-corrected chi connectivity index (χ4v) is 2.69. The van der Waals surface area contributed by atoms with E-state index in [0.717, 1.165) is 25.0 Å². The van der Waals surface area contributed by atoms with Gasteiger partial charge in [-0.3, -0.25) is 0 Å². The highest BCUT2D eigenvalue weighted by atomic mass is 16.5. The summed E-state index contributed by atoms with van der Waals surface area (Å²) >= 11 is 0. The topological polar surface area (TPSA) is 38.5 Å². The summed E-state index contributed by atoms with van der Waals surface area (Å²) in [5.74, 6) is 2.58. The molecule has 0 aromatic rings. The van der Waals surface area contributed by atoms with Crippen LogP contribution in [0.3, 0.4) is 0 Å². The van der Waals surface area contributed by atoms with Crippen molar-refractivity contribution in [1.29, 1.82) is 0 Å². The third-order valence-electron chi connectivity index (χ3n) is 4.17. The van der Waals surface area contributed by atoms with E-state index in [9.17, 15) is 0 Å². The van der Waals surface area contributed by atoms with Crippen molar-refractivity contribution in [3.05, 3.63) is 0 Å². The Kier molecular flexibility index (Phi) is 3.18. The molecule has 0 amide bonds. The van der Waals surface area contributed by atoms with E-state index in [1.807, 2.05) is 0 Å². The molecule has 3 rings (SSSR count). The van der Waals surface area contributed by atoms with Crippen molar-refractivity contribution in [2.45, 2.75) is 31.7 Å². The highest BCUT2D eigenvalue weighted by Crippen LogP contribution is 2.34. The molecule has 3 heteroatoms. The van der Waals surface area contributed by atoms with E-state index in [1.54, 1.807) is 0 Å². The van der Waals surface area contributed by atoms with Gasteiger partial charge in [0.2, 0.25) is 0 Å². The summed E-state index contributed by atoms with van der Waals surface area (Å²) in [6.07, 6.45) is 5.81. The Balaban J connectivity index is 1.49. The van der Waals surface area contributed by atoms with Crippen LogP contribution in [0.4, 0.5) is 0 Å². The Hall–Kier alpha value is -0.120. The molecule has 2 unspecified atom stereocenters. The number of ether oxygens (including phenoxy) is 1. The van der Waals surface area contributed by atoms with Gasteiger partial charge in [-0.1, -0.05) is 0 Å². The number of hydrogen-bond donors (Lipinski definition) is 1. The highest BCUT2D eigenvalue weighted by Gasteiger charge is 2.32. The lowest BCUT2D eigenvalue weighted by molar-refractivity contribution is 0.162. The second-order valence-electron chi connectivity index (χ2n) is 6.07. The van der Waals surface area contributed by atoms with Crippen LogP contribution in [0.5, 0.6) is 0 Å². The van der Waals surface area contributed by atoms with E-state index >= 15 is 0 Å². The van der Waals surface area contributed by atoms with Gasteiger partial charge in [-0.2, -0.15) is 0 Å². The first-order chi connectivity index (χ1) is 7.81. The maximum atomic E-state index is 6.07. The first-order valence-electron chi connectivity index (χ1n) is 6.87. The lowest BCUT2D eigenvalue weighted by Gasteiger charge is -2.26. The van der Waals surface area contributed by atoms with E-state index in [2.05, 4.69) is 4.90 Å². The molecule has 16 heavy (non-hydrogen) atoms. The molecule has 0 radical (unpaired) electrons. The average molecular weight is 224 g/mol. The summed E-state index contributed by atoms with van der Waals surface area (Å²) < 4.78 is 5.46. The van der Waals surface area contributed by atoms with Gasteiger partial charge in [-0.25, -0.2) is 0 Å². The summed E-state index contributed by atoms with van der Waals surface area (Å²) in [5, 5.41) is 0. The van der Waals surface area contributed by atoms with Crippen LogP contribution in [-0.2, 0) is 4.74 Å². The van der Waals surface area contributed by atoms with Crippen molar-refractivity contribution in [2.75, 3.05) is 32.8 Å². The molecule has 0 aromatic heterocycles. The van der Waals surface area contributed by atoms with Crippen LogP contribution in [0.1, 0.15) is 25.7 Å². The van der Waals surface area contributed by atoms with Crippen molar-refractivity contribution in [2.24, 2.45) is 23.5 Å². The molecule has 3 nitrogen and oxygen atoms in total. The van der Waals surface area contributed by atoms with Crippen LogP contribution in [-0.4, -0.2) is 43.8 Å². The Morgan fingerprint density at radius 3 is 2.00 bits per heavy atom. The molecule has 2 N–H and O–H groups in total. The van der Waals surface area contributed by atoms with E-state index in [0.29, 0.717) is 5.92 Å². The molecule has 3 aliphatic rings. The van der Waals surface area contributed by atoms with Crippen LogP contribution in [0, 0.1) is 17.8 Å². The largest absolute Gasteiger partial charge is 0.379 e. The molecule has 2 atom stereocenters. The van der Waals surface area contributed by atoms with E-state index in [4.69, 9.17) is 10.5 Å². The first kappa shape index (κ1) is 11.0. The number of hydrogen-bond acceptors (Lipinski definition) is 3. The maximum Gasteiger partial charge on any atom is 0.0621 e. The molecular weight excluding hydrogens is 200 g/mol. The van der Waals surface area contributed by atoms with Crippen LogP contribution >= 0.6 is 0 Å². The molecule has 0 aromatic carbocycles. The van der Waals surface area contributed by atoms with Gasteiger partial charge in [-0.15, -0.1) is 0 Å². The maximum absolute atomic E-state index is 6.07. The van der Waals surface area contributed by atoms with Gasteiger partial charge in [-0.05, 0) is 37.5 Å². The predicted octanol–water partition coefficient (Wildman–Crippen LogP) is 1.08. The zero-order valence-electron chi connectivity index (χ0n) is 10.1. The Morgan fingerprint density at radius 1 is 0.938 bits per heavy atom. The lowest BCUT2D eigenvalue weighted by atomic mass is 10.0. The van der Waals surface area contributed by atoms with E-state index in [-0.39, 0.29) is 6.04 Å². The third kappa shape index (κ3) is 2.96. The molecular formula is C13H24N2O. The SMILES string of the molecule is NC1COCC1CN(CC1CC1)CC1CC1. The standard InChI is InChI=1S/C13H24N2O/c14-13-9-16-8-12(13)7-15(5-10-1-2-10)6-11-3-4-11/h10-13H,1-9,14H2. The number of nitrogens with two attached hydrogens (primary N) is 1. The van der Waals surface area contributed by atoms with Crippen molar-refractivity contribution >= 4 is 0 Å². The summed E-state index contributed by atoms with van der Waals surface area (Å²) in [4.78, 5) is 2.68. The fourth-order valence-electron chi connectivity index (χ4n) is 2.69. The van der Waals surface area contributed by atoms with E-state index < -0.39 is 0 Å². The normalized spacial score (nSPS) is 34.9. The van der Waals surface area contributed by atoms with Crippen LogP contribution in [0.25, 0.3) is 0 Å².